The van der Waals surface area contributed by atoms with Crippen molar-refractivity contribution in [1.82, 2.24) is 10.6 Å². The molecule has 0 unspecified atom stereocenters. The van der Waals surface area contributed by atoms with Crippen LogP contribution in [0.3, 0.4) is 0 Å². The minimum Gasteiger partial charge on any atom is -0.337 e. The van der Waals surface area contributed by atoms with E-state index in [9.17, 15) is 4.79 Å². The average molecular weight is 261 g/mol. The largest absolute Gasteiger partial charge is 0.337 e. The van der Waals surface area contributed by atoms with Crippen LogP contribution in [0.2, 0.25) is 0 Å². The summed E-state index contributed by atoms with van der Waals surface area (Å²) in [4.78, 5) is 11.5. The zero-order valence-electron chi connectivity index (χ0n) is 11.2. The maximum absolute atomic E-state index is 11.5. The lowest BCUT2D eigenvalue weighted by Crippen LogP contribution is -2.45. The second kappa shape index (κ2) is 6.48. The highest BCUT2D eigenvalue weighted by Crippen LogP contribution is 2.37. The van der Waals surface area contributed by atoms with Gasteiger partial charge < -0.3 is 10.6 Å². The summed E-state index contributed by atoms with van der Waals surface area (Å²) >= 11 is 5.53. The first-order valence-electron chi connectivity index (χ1n) is 6.54. The molecule has 3 nitrogen and oxygen atoms in total. The topological polar surface area (TPSA) is 41.1 Å². The Labute approximate surface area is 110 Å². The van der Waals surface area contributed by atoms with E-state index in [0.29, 0.717) is 29.8 Å². The number of hydrogen-bond donors (Lipinski definition) is 2. The zero-order valence-corrected chi connectivity index (χ0v) is 11.9. The van der Waals surface area contributed by atoms with Crippen LogP contribution in [0.15, 0.2) is 0 Å². The molecule has 0 aliphatic heterocycles. The van der Waals surface area contributed by atoms with E-state index in [4.69, 9.17) is 11.6 Å². The van der Waals surface area contributed by atoms with Crippen LogP contribution < -0.4 is 10.6 Å². The number of halogens is 1. The molecule has 2 N–H and O–H groups in total. The Balaban J connectivity index is 2.37. The van der Waals surface area contributed by atoms with Crippen molar-refractivity contribution in [1.29, 1.82) is 0 Å². The summed E-state index contributed by atoms with van der Waals surface area (Å²) < 4.78 is 0. The number of nitrogens with one attached hydrogen (secondary N) is 2. The lowest BCUT2D eigenvalue weighted by molar-refractivity contribution is 0.154. The van der Waals surface area contributed by atoms with Gasteiger partial charge in [-0.15, -0.1) is 11.6 Å². The van der Waals surface area contributed by atoms with Crippen LogP contribution >= 0.6 is 11.6 Å². The molecular weight excluding hydrogens is 236 g/mol. The molecule has 17 heavy (non-hydrogen) atoms. The minimum absolute atomic E-state index is 0.0785. The van der Waals surface area contributed by atoms with E-state index in [-0.39, 0.29) is 6.03 Å². The molecule has 1 saturated carbocycles. The summed E-state index contributed by atoms with van der Waals surface area (Å²) in [5, 5.41) is 5.80. The number of amides is 2. The van der Waals surface area contributed by atoms with Crippen molar-refractivity contribution in [2.75, 3.05) is 12.4 Å². The first-order valence-corrected chi connectivity index (χ1v) is 7.07. The summed E-state index contributed by atoms with van der Waals surface area (Å²) in [6.45, 7) is 7.39. The summed E-state index contributed by atoms with van der Waals surface area (Å²) in [6, 6.07) is 0.244. The quantitative estimate of drug-likeness (QED) is 0.752. The van der Waals surface area contributed by atoms with Crippen LogP contribution in [0, 0.1) is 11.3 Å². The number of carbonyl (C=O) groups excluding carboxylic acids is 1. The van der Waals surface area contributed by atoms with E-state index in [1.165, 1.54) is 12.8 Å². The Bertz CT molecular complexity index is 250. The van der Waals surface area contributed by atoms with Crippen LogP contribution in [0.4, 0.5) is 4.79 Å². The van der Waals surface area contributed by atoms with Gasteiger partial charge in [-0.2, -0.15) is 0 Å². The lowest BCUT2D eigenvalue weighted by atomic mass is 9.71. The maximum atomic E-state index is 11.5. The molecular formula is C13H25ClN2O. The van der Waals surface area contributed by atoms with Gasteiger partial charge in [0.2, 0.25) is 0 Å². The van der Waals surface area contributed by atoms with Crippen LogP contribution in [-0.2, 0) is 0 Å². The molecule has 4 heteroatoms. The van der Waals surface area contributed by atoms with Gasteiger partial charge >= 0.3 is 6.03 Å². The van der Waals surface area contributed by atoms with E-state index >= 15 is 0 Å². The smallest absolute Gasteiger partial charge is 0.315 e. The van der Waals surface area contributed by atoms with Crippen LogP contribution in [0.5, 0.6) is 0 Å². The Morgan fingerprint density at radius 3 is 2.65 bits per heavy atom. The molecule has 1 aliphatic carbocycles. The second-order valence-corrected chi connectivity index (χ2v) is 6.39. The molecule has 1 aliphatic rings. The van der Waals surface area contributed by atoms with Gasteiger partial charge in [0.25, 0.3) is 0 Å². The van der Waals surface area contributed by atoms with Crippen molar-refractivity contribution >= 4 is 17.6 Å². The Morgan fingerprint density at radius 1 is 1.35 bits per heavy atom. The van der Waals surface area contributed by atoms with Crippen molar-refractivity contribution in [2.24, 2.45) is 11.3 Å². The molecule has 0 bridgehead atoms. The second-order valence-electron chi connectivity index (χ2n) is 6.02. The van der Waals surface area contributed by atoms with Crippen molar-refractivity contribution in [3.05, 3.63) is 0 Å². The molecule has 2 amide bonds. The summed E-state index contributed by atoms with van der Waals surface area (Å²) in [5.41, 5.74) is 0.340. The molecule has 100 valence electrons. The Hall–Kier alpha value is -0.440. The molecule has 1 rings (SSSR count). The number of rotatable bonds is 3. The number of carbonyl (C=O) groups is 1. The fourth-order valence-electron chi connectivity index (χ4n) is 2.50. The standard InChI is InChI=1S/C13H25ClN2O/c1-13(2,3)10-5-4-6-11(9-10)16-12(17)15-8-7-14/h10-11H,4-9H2,1-3H3,(H2,15,16,17)/t10-,11+/m0/s1. The fraction of sp³-hybridized carbons (Fsp3) is 0.923. The number of hydrogen-bond acceptors (Lipinski definition) is 1. The highest BCUT2D eigenvalue weighted by atomic mass is 35.5. The first-order chi connectivity index (χ1) is 7.93. The molecule has 2 atom stereocenters. The Morgan fingerprint density at radius 2 is 2.06 bits per heavy atom. The van der Waals surface area contributed by atoms with Crippen LogP contribution in [-0.4, -0.2) is 24.5 Å². The highest BCUT2D eigenvalue weighted by Gasteiger charge is 2.31. The van der Waals surface area contributed by atoms with Gasteiger partial charge in [0, 0.05) is 18.5 Å². The Kier molecular flexibility index (Phi) is 5.57. The first kappa shape index (κ1) is 14.6. The molecule has 0 saturated heterocycles. The fourth-order valence-corrected chi connectivity index (χ4v) is 2.60. The third kappa shape index (κ3) is 5.15. The van der Waals surface area contributed by atoms with E-state index in [1.54, 1.807) is 0 Å². The third-order valence-corrected chi connectivity index (χ3v) is 3.80. The van der Waals surface area contributed by atoms with Crippen LogP contribution in [0.1, 0.15) is 46.5 Å². The number of urea groups is 1. The SMILES string of the molecule is CC(C)(C)[C@H]1CCC[C@@H](NC(=O)NCCCl)C1. The van der Waals surface area contributed by atoms with E-state index < -0.39 is 0 Å². The molecule has 0 heterocycles. The van der Waals surface area contributed by atoms with Crippen molar-refractivity contribution < 1.29 is 4.79 Å². The van der Waals surface area contributed by atoms with E-state index in [1.807, 2.05) is 0 Å². The van der Waals surface area contributed by atoms with Gasteiger partial charge in [0.1, 0.15) is 0 Å². The van der Waals surface area contributed by atoms with Gasteiger partial charge in [-0.1, -0.05) is 27.2 Å². The highest BCUT2D eigenvalue weighted by molar-refractivity contribution is 6.18. The van der Waals surface area contributed by atoms with Gasteiger partial charge in [-0.05, 0) is 30.6 Å². The van der Waals surface area contributed by atoms with E-state index in [0.717, 1.165) is 12.8 Å². The normalized spacial score (nSPS) is 25.4. The monoisotopic (exact) mass is 260 g/mol. The number of alkyl halides is 1. The van der Waals surface area contributed by atoms with Gasteiger partial charge in [-0.3, -0.25) is 0 Å². The zero-order chi connectivity index (χ0) is 12.9. The summed E-state index contributed by atoms with van der Waals surface area (Å²) in [5.74, 6) is 1.16. The molecule has 0 radical (unpaired) electrons. The third-order valence-electron chi connectivity index (χ3n) is 3.61. The van der Waals surface area contributed by atoms with Crippen molar-refractivity contribution in [3.8, 4) is 0 Å². The summed E-state index contributed by atoms with van der Waals surface area (Å²) in [6.07, 6.45) is 4.69. The predicted octanol–water partition coefficient (Wildman–Crippen LogP) is 3.13. The predicted molar refractivity (Wildman–Crippen MR) is 72.5 cm³/mol. The molecule has 1 fully saturated rings. The van der Waals surface area contributed by atoms with Crippen molar-refractivity contribution in [3.63, 3.8) is 0 Å². The molecule has 0 aromatic heterocycles. The lowest BCUT2D eigenvalue weighted by Gasteiger charge is -2.37. The van der Waals surface area contributed by atoms with Gasteiger partial charge in [-0.25, -0.2) is 4.79 Å². The molecule has 0 spiro atoms. The minimum atomic E-state index is -0.0785. The van der Waals surface area contributed by atoms with Crippen molar-refractivity contribution in [2.45, 2.75) is 52.5 Å². The van der Waals surface area contributed by atoms with Crippen LogP contribution in [0.25, 0.3) is 0 Å². The van der Waals surface area contributed by atoms with Gasteiger partial charge in [0.05, 0.1) is 0 Å². The van der Waals surface area contributed by atoms with E-state index in [2.05, 4.69) is 31.4 Å². The average Bonchev–Trinajstić information content (AvgIpc) is 2.25. The molecule has 0 aromatic rings. The molecule has 0 aromatic carbocycles. The summed E-state index contributed by atoms with van der Waals surface area (Å²) in [7, 11) is 0. The van der Waals surface area contributed by atoms with Gasteiger partial charge in [0.15, 0.2) is 0 Å². The maximum Gasteiger partial charge on any atom is 0.315 e.